The Morgan fingerprint density at radius 2 is 1.74 bits per heavy atom. The van der Waals surface area contributed by atoms with Crippen LogP contribution in [0.2, 0.25) is 5.02 Å². The van der Waals surface area contributed by atoms with E-state index in [-0.39, 0.29) is 17.5 Å². The van der Waals surface area contributed by atoms with Gasteiger partial charge in [-0.1, -0.05) is 30.2 Å². The van der Waals surface area contributed by atoms with Gasteiger partial charge in [0.25, 0.3) is 0 Å². The minimum absolute atomic E-state index is 0.0262. The highest BCUT2D eigenvalue weighted by molar-refractivity contribution is 6.30. The fourth-order valence-corrected chi connectivity index (χ4v) is 3.08. The van der Waals surface area contributed by atoms with E-state index in [2.05, 4.69) is 0 Å². The Kier molecular flexibility index (Phi) is 3.53. The first-order valence-corrected chi connectivity index (χ1v) is 7.56. The van der Waals surface area contributed by atoms with Gasteiger partial charge in [-0.25, -0.2) is 0 Å². The molecule has 102 valence electrons. The lowest BCUT2D eigenvalue weighted by Gasteiger charge is -2.24. The Hall–Kier alpha value is -1.02. The average molecular weight is 279 g/mol. The largest absolute Gasteiger partial charge is 0.462 e. The van der Waals surface area contributed by atoms with Crippen molar-refractivity contribution < 1.29 is 9.53 Å². The number of carbonyl (C=O) groups is 1. The van der Waals surface area contributed by atoms with E-state index in [0.29, 0.717) is 5.02 Å². The van der Waals surface area contributed by atoms with Crippen LogP contribution in [0, 0.1) is 0 Å². The lowest BCUT2D eigenvalue weighted by molar-refractivity contribution is -0.153. The van der Waals surface area contributed by atoms with Gasteiger partial charge in [0.1, 0.15) is 6.10 Å². The van der Waals surface area contributed by atoms with E-state index in [1.54, 1.807) is 0 Å². The molecule has 0 aromatic heterocycles. The second kappa shape index (κ2) is 5.16. The van der Waals surface area contributed by atoms with E-state index < -0.39 is 0 Å². The van der Waals surface area contributed by atoms with Crippen molar-refractivity contribution in [2.75, 3.05) is 0 Å². The SMILES string of the molecule is O=C(OC1CCCCC1)C1(c2ccc(Cl)cc2)CC1. The highest BCUT2D eigenvalue weighted by atomic mass is 35.5. The molecule has 0 aliphatic heterocycles. The van der Waals surface area contributed by atoms with Crippen molar-refractivity contribution in [3.8, 4) is 0 Å². The Balaban J connectivity index is 1.70. The maximum atomic E-state index is 12.4. The lowest BCUT2D eigenvalue weighted by Crippen LogP contribution is -2.29. The molecule has 0 amide bonds. The van der Waals surface area contributed by atoms with Crippen LogP contribution in [0.1, 0.15) is 50.5 Å². The second-order valence-electron chi connectivity index (χ2n) is 5.75. The summed E-state index contributed by atoms with van der Waals surface area (Å²) in [6, 6.07) is 7.62. The van der Waals surface area contributed by atoms with Gasteiger partial charge < -0.3 is 4.74 Å². The van der Waals surface area contributed by atoms with E-state index in [9.17, 15) is 4.79 Å². The maximum absolute atomic E-state index is 12.4. The van der Waals surface area contributed by atoms with Crippen LogP contribution in [-0.4, -0.2) is 12.1 Å². The number of rotatable bonds is 3. The van der Waals surface area contributed by atoms with Crippen molar-refractivity contribution in [1.29, 1.82) is 0 Å². The summed E-state index contributed by atoms with van der Waals surface area (Å²) < 4.78 is 5.73. The predicted molar refractivity (Wildman–Crippen MR) is 75.3 cm³/mol. The molecule has 1 aromatic rings. The summed E-state index contributed by atoms with van der Waals surface area (Å²) in [4.78, 5) is 12.4. The molecular formula is C16H19ClO2. The van der Waals surface area contributed by atoms with Crippen LogP contribution in [0.15, 0.2) is 24.3 Å². The fourth-order valence-electron chi connectivity index (χ4n) is 2.95. The van der Waals surface area contributed by atoms with Crippen molar-refractivity contribution in [1.82, 2.24) is 0 Å². The molecule has 2 aliphatic carbocycles. The molecule has 0 unspecified atom stereocenters. The van der Waals surface area contributed by atoms with Crippen LogP contribution in [-0.2, 0) is 14.9 Å². The highest BCUT2D eigenvalue weighted by Crippen LogP contribution is 2.49. The van der Waals surface area contributed by atoms with Gasteiger partial charge in [0, 0.05) is 5.02 Å². The van der Waals surface area contributed by atoms with Gasteiger partial charge in [-0.15, -0.1) is 0 Å². The summed E-state index contributed by atoms with van der Waals surface area (Å²) in [5, 5.41) is 0.709. The Morgan fingerprint density at radius 1 is 1.11 bits per heavy atom. The zero-order chi connectivity index (χ0) is 13.3. The molecule has 0 heterocycles. The van der Waals surface area contributed by atoms with Crippen molar-refractivity contribution in [3.63, 3.8) is 0 Å². The smallest absolute Gasteiger partial charge is 0.316 e. The summed E-state index contributed by atoms with van der Waals surface area (Å²) in [6.07, 6.45) is 7.66. The molecular weight excluding hydrogens is 260 g/mol. The van der Waals surface area contributed by atoms with Crippen molar-refractivity contribution in [2.45, 2.75) is 56.5 Å². The van der Waals surface area contributed by atoms with Crippen molar-refractivity contribution in [3.05, 3.63) is 34.9 Å². The van der Waals surface area contributed by atoms with Gasteiger partial charge >= 0.3 is 5.97 Å². The molecule has 2 aliphatic rings. The fraction of sp³-hybridized carbons (Fsp3) is 0.562. The minimum Gasteiger partial charge on any atom is -0.462 e. The lowest BCUT2D eigenvalue weighted by atomic mass is 9.95. The van der Waals surface area contributed by atoms with E-state index >= 15 is 0 Å². The van der Waals surface area contributed by atoms with E-state index in [4.69, 9.17) is 16.3 Å². The van der Waals surface area contributed by atoms with Crippen molar-refractivity contribution >= 4 is 17.6 Å². The first-order chi connectivity index (χ1) is 9.21. The number of hydrogen-bond donors (Lipinski definition) is 0. The van der Waals surface area contributed by atoms with E-state index in [1.807, 2.05) is 24.3 Å². The van der Waals surface area contributed by atoms with Crippen LogP contribution in [0.25, 0.3) is 0 Å². The van der Waals surface area contributed by atoms with Crippen LogP contribution in [0.3, 0.4) is 0 Å². The molecule has 0 radical (unpaired) electrons. The van der Waals surface area contributed by atoms with E-state index in [0.717, 1.165) is 31.2 Å². The molecule has 1 aromatic carbocycles. The number of hydrogen-bond acceptors (Lipinski definition) is 2. The van der Waals surface area contributed by atoms with Crippen LogP contribution in [0.5, 0.6) is 0 Å². The molecule has 0 N–H and O–H groups in total. The molecule has 19 heavy (non-hydrogen) atoms. The summed E-state index contributed by atoms with van der Waals surface area (Å²) in [5.41, 5.74) is 0.680. The third-order valence-corrected chi connectivity index (χ3v) is 4.62. The summed E-state index contributed by atoms with van der Waals surface area (Å²) in [7, 11) is 0. The molecule has 3 heteroatoms. The molecule has 0 saturated heterocycles. The monoisotopic (exact) mass is 278 g/mol. The van der Waals surface area contributed by atoms with Crippen LogP contribution >= 0.6 is 11.6 Å². The van der Waals surface area contributed by atoms with Gasteiger partial charge in [-0.3, -0.25) is 4.79 Å². The first-order valence-electron chi connectivity index (χ1n) is 7.18. The predicted octanol–water partition coefficient (Wildman–Crippen LogP) is 4.25. The van der Waals surface area contributed by atoms with Crippen molar-refractivity contribution in [2.24, 2.45) is 0 Å². The molecule has 2 fully saturated rings. The summed E-state index contributed by atoms with van der Waals surface area (Å²) in [6.45, 7) is 0. The number of benzene rings is 1. The summed E-state index contributed by atoms with van der Waals surface area (Å²) in [5.74, 6) is -0.0262. The normalized spacial score (nSPS) is 21.9. The molecule has 3 rings (SSSR count). The average Bonchev–Trinajstić information content (AvgIpc) is 3.22. The van der Waals surface area contributed by atoms with Crippen LogP contribution in [0.4, 0.5) is 0 Å². The first kappa shape index (κ1) is 13.0. The maximum Gasteiger partial charge on any atom is 0.316 e. The second-order valence-corrected chi connectivity index (χ2v) is 6.19. The molecule has 0 bridgehead atoms. The topological polar surface area (TPSA) is 26.3 Å². The molecule has 2 saturated carbocycles. The third kappa shape index (κ3) is 2.64. The zero-order valence-corrected chi connectivity index (χ0v) is 11.8. The zero-order valence-electron chi connectivity index (χ0n) is 11.0. The van der Waals surface area contributed by atoms with Crippen LogP contribution < -0.4 is 0 Å². The van der Waals surface area contributed by atoms with Gasteiger partial charge in [-0.05, 0) is 56.2 Å². The standard InChI is InChI=1S/C16H19ClO2/c17-13-8-6-12(7-9-13)16(10-11-16)15(18)19-14-4-2-1-3-5-14/h6-9,14H,1-5,10-11H2. The third-order valence-electron chi connectivity index (χ3n) is 4.36. The molecule has 0 atom stereocenters. The van der Waals surface area contributed by atoms with Gasteiger partial charge in [0.2, 0.25) is 0 Å². The Labute approximate surface area is 119 Å². The number of carbonyl (C=O) groups excluding carboxylic acids is 1. The van der Waals surface area contributed by atoms with Gasteiger partial charge in [-0.2, -0.15) is 0 Å². The molecule has 2 nitrogen and oxygen atoms in total. The minimum atomic E-state index is -0.373. The number of esters is 1. The van der Waals surface area contributed by atoms with E-state index in [1.165, 1.54) is 19.3 Å². The Bertz CT molecular complexity index is 456. The number of halogens is 1. The molecule has 0 spiro atoms. The summed E-state index contributed by atoms with van der Waals surface area (Å²) >= 11 is 5.90. The number of ether oxygens (including phenoxy) is 1. The Morgan fingerprint density at radius 3 is 2.32 bits per heavy atom. The van der Waals surface area contributed by atoms with Gasteiger partial charge in [0.05, 0.1) is 5.41 Å². The quantitative estimate of drug-likeness (QED) is 0.773. The highest BCUT2D eigenvalue weighted by Gasteiger charge is 2.53. The van der Waals surface area contributed by atoms with Gasteiger partial charge in [0.15, 0.2) is 0 Å².